The van der Waals surface area contributed by atoms with Gasteiger partial charge in [-0.05, 0) is 34.5 Å². The minimum Gasteiger partial charge on any atom is -0.292 e. The van der Waals surface area contributed by atoms with Gasteiger partial charge in [0.25, 0.3) is 0 Å². The Labute approximate surface area is 114 Å². The highest BCUT2D eigenvalue weighted by molar-refractivity contribution is 7.08. The van der Waals surface area contributed by atoms with Crippen molar-refractivity contribution in [2.45, 2.75) is 6.42 Å². The summed E-state index contributed by atoms with van der Waals surface area (Å²) in [5.74, 6) is -0.0134. The van der Waals surface area contributed by atoms with Crippen molar-refractivity contribution in [3.63, 3.8) is 0 Å². The molecule has 5 heteroatoms. The van der Waals surface area contributed by atoms with Crippen molar-refractivity contribution >= 4 is 17.1 Å². The zero-order chi connectivity index (χ0) is 13.1. The van der Waals surface area contributed by atoms with Crippen molar-refractivity contribution < 1.29 is 4.79 Å². The van der Waals surface area contributed by atoms with Crippen LogP contribution in [0.2, 0.25) is 0 Å². The van der Waals surface area contributed by atoms with E-state index < -0.39 is 0 Å². The predicted molar refractivity (Wildman–Crippen MR) is 73.7 cm³/mol. The molecule has 0 atom stereocenters. The first-order chi connectivity index (χ1) is 9.33. The number of rotatable bonds is 4. The fraction of sp³-hybridized carbons (Fsp3) is 0.0714. The molecule has 2 heterocycles. The monoisotopic (exact) mass is 269 g/mol. The van der Waals surface area contributed by atoms with Gasteiger partial charge in [-0.15, -0.1) is 5.10 Å². The molecule has 19 heavy (non-hydrogen) atoms. The second kappa shape index (κ2) is 5.16. The van der Waals surface area contributed by atoms with E-state index in [-0.39, 0.29) is 5.78 Å². The SMILES string of the molecule is O=C(Cc1ccsc1)c1cnn(-c2ccccc2)n1. The van der Waals surface area contributed by atoms with Gasteiger partial charge >= 0.3 is 0 Å². The molecule has 4 nitrogen and oxygen atoms in total. The van der Waals surface area contributed by atoms with Gasteiger partial charge in [0, 0.05) is 6.42 Å². The summed E-state index contributed by atoms with van der Waals surface area (Å²) in [7, 11) is 0. The Bertz CT molecular complexity index is 674. The molecule has 94 valence electrons. The topological polar surface area (TPSA) is 47.8 Å². The minimum atomic E-state index is -0.0134. The molecule has 0 bridgehead atoms. The largest absolute Gasteiger partial charge is 0.292 e. The van der Waals surface area contributed by atoms with Crippen LogP contribution in [0.15, 0.2) is 53.4 Å². The Balaban J connectivity index is 1.80. The summed E-state index contributed by atoms with van der Waals surface area (Å²) < 4.78 is 0. The van der Waals surface area contributed by atoms with Crippen LogP contribution in [0.1, 0.15) is 16.1 Å². The smallest absolute Gasteiger partial charge is 0.189 e. The number of thiophene rings is 1. The zero-order valence-electron chi connectivity index (χ0n) is 10.1. The van der Waals surface area contributed by atoms with E-state index >= 15 is 0 Å². The molecule has 0 unspecified atom stereocenters. The fourth-order valence-electron chi connectivity index (χ4n) is 1.75. The van der Waals surface area contributed by atoms with E-state index in [1.54, 1.807) is 11.3 Å². The molecule has 0 fully saturated rings. The average molecular weight is 269 g/mol. The van der Waals surface area contributed by atoms with Crippen LogP contribution in [0.5, 0.6) is 0 Å². The van der Waals surface area contributed by atoms with Gasteiger partial charge in [-0.1, -0.05) is 18.2 Å². The highest BCUT2D eigenvalue weighted by Gasteiger charge is 2.12. The molecule has 0 aliphatic heterocycles. The molecule has 0 N–H and O–H groups in total. The number of aromatic nitrogens is 3. The lowest BCUT2D eigenvalue weighted by Gasteiger charge is -1.97. The summed E-state index contributed by atoms with van der Waals surface area (Å²) in [6.07, 6.45) is 1.89. The van der Waals surface area contributed by atoms with Gasteiger partial charge in [-0.2, -0.15) is 21.2 Å². The maximum atomic E-state index is 12.0. The number of para-hydroxylation sites is 1. The summed E-state index contributed by atoms with van der Waals surface area (Å²) in [6.45, 7) is 0. The van der Waals surface area contributed by atoms with Gasteiger partial charge < -0.3 is 0 Å². The third-order valence-corrected chi connectivity index (χ3v) is 3.44. The first-order valence-corrected chi connectivity index (χ1v) is 6.79. The lowest BCUT2D eigenvalue weighted by Crippen LogP contribution is -2.05. The number of ketones is 1. The Kier molecular flexibility index (Phi) is 3.20. The predicted octanol–water partition coefficient (Wildman–Crippen LogP) is 2.75. The number of hydrogen-bond acceptors (Lipinski definition) is 4. The van der Waals surface area contributed by atoms with Gasteiger partial charge in [-0.3, -0.25) is 4.79 Å². The molecule has 1 aromatic carbocycles. The quantitative estimate of drug-likeness (QED) is 0.684. The van der Waals surface area contributed by atoms with E-state index in [1.165, 1.54) is 11.0 Å². The van der Waals surface area contributed by atoms with Crippen LogP contribution in [0, 0.1) is 0 Å². The first kappa shape index (κ1) is 11.8. The third-order valence-electron chi connectivity index (χ3n) is 2.71. The van der Waals surface area contributed by atoms with Crippen molar-refractivity contribution in [3.05, 3.63) is 64.6 Å². The second-order valence-electron chi connectivity index (χ2n) is 4.09. The molecule has 0 saturated heterocycles. The molecule has 0 aliphatic carbocycles. The Morgan fingerprint density at radius 2 is 2.05 bits per heavy atom. The number of hydrogen-bond donors (Lipinski definition) is 0. The number of carbonyl (C=O) groups is 1. The first-order valence-electron chi connectivity index (χ1n) is 5.85. The van der Waals surface area contributed by atoms with Crippen LogP contribution < -0.4 is 0 Å². The molecule has 0 saturated carbocycles. The van der Waals surface area contributed by atoms with Crippen LogP contribution in [0.4, 0.5) is 0 Å². The lowest BCUT2D eigenvalue weighted by atomic mass is 10.1. The standard InChI is InChI=1S/C14H11N3OS/c18-14(8-11-6-7-19-10-11)13-9-15-17(16-13)12-4-2-1-3-5-12/h1-7,9-10H,8H2. The number of Topliss-reactive ketones (excluding diaryl/α,β-unsaturated/α-hetero) is 1. The third kappa shape index (κ3) is 2.61. The molecule has 2 aromatic heterocycles. The molecule has 3 aromatic rings. The average Bonchev–Trinajstić information content (AvgIpc) is 3.10. The molecule has 0 spiro atoms. The summed E-state index contributed by atoms with van der Waals surface area (Å²) >= 11 is 1.59. The van der Waals surface area contributed by atoms with E-state index in [1.807, 2.05) is 47.2 Å². The highest BCUT2D eigenvalue weighted by atomic mass is 32.1. The van der Waals surface area contributed by atoms with Gasteiger partial charge in [0.2, 0.25) is 0 Å². The van der Waals surface area contributed by atoms with Crippen LogP contribution in [-0.2, 0) is 6.42 Å². The Morgan fingerprint density at radius 3 is 2.79 bits per heavy atom. The Hall–Kier alpha value is -2.27. The van der Waals surface area contributed by atoms with E-state index in [0.717, 1.165) is 11.3 Å². The molecular weight excluding hydrogens is 258 g/mol. The maximum absolute atomic E-state index is 12.0. The van der Waals surface area contributed by atoms with Crippen molar-refractivity contribution in [2.75, 3.05) is 0 Å². The van der Waals surface area contributed by atoms with E-state index in [2.05, 4.69) is 10.2 Å². The van der Waals surface area contributed by atoms with Crippen molar-refractivity contribution in [1.29, 1.82) is 0 Å². The van der Waals surface area contributed by atoms with Gasteiger partial charge in [0.05, 0.1) is 11.9 Å². The van der Waals surface area contributed by atoms with Crippen LogP contribution in [0.25, 0.3) is 5.69 Å². The van der Waals surface area contributed by atoms with E-state index in [4.69, 9.17) is 0 Å². The van der Waals surface area contributed by atoms with E-state index in [0.29, 0.717) is 12.1 Å². The Morgan fingerprint density at radius 1 is 1.21 bits per heavy atom. The van der Waals surface area contributed by atoms with E-state index in [9.17, 15) is 4.79 Å². The summed E-state index contributed by atoms with van der Waals surface area (Å²) in [6, 6.07) is 11.5. The van der Waals surface area contributed by atoms with Crippen LogP contribution >= 0.6 is 11.3 Å². The van der Waals surface area contributed by atoms with Gasteiger partial charge in [-0.25, -0.2) is 0 Å². The fourth-order valence-corrected chi connectivity index (χ4v) is 2.41. The number of nitrogens with zero attached hydrogens (tertiary/aromatic N) is 3. The van der Waals surface area contributed by atoms with Crippen molar-refractivity contribution in [3.8, 4) is 5.69 Å². The number of benzene rings is 1. The summed E-state index contributed by atoms with van der Waals surface area (Å²) in [4.78, 5) is 13.5. The maximum Gasteiger partial charge on any atom is 0.189 e. The molecule has 0 radical (unpaired) electrons. The molecular formula is C14H11N3OS. The van der Waals surface area contributed by atoms with Crippen molar-refractivity contribution in [2.24, 2.45) is 0 Å². The second-order valence-corrected chi connectivity index (χ2v) is 4.87. The molecule has 0 aliphatic rings. The van der Waals surface area contributed by atoms with Gasteiger partial charge in [0.1, 0.15) is 5.69 Å². The summed E-state index contributed by atoms with van der Waals surface area (Å²) in [5.41, 5.74) is 2.26. The van der Waals surface area contributed by atoms with Crippen LogP contribution in [-0.4, -0.2) is 20.8 Å². The van der Waals surface area contributed by atoms with Crippen molar-refractivity contribution in [1.82, 2.24) is 15.0 Å². The highest BCUT2D eigenvalue weighted by Crippen LogP contribution is 2.10. The zero-order valence-corrected chi connectivity index (χ0v) is 10.9. The minimum absolute atomic E-state index is 0.0134. The normalized spacial score (nSPS) is 10.5. The van der Waals surface area contributed by atoms with Gasteiger partial charge in [0.15, 0.2) is 5.78 Å². The van der Waals surface area contributed by atoms with Crippen LogP contribution in [0.3, 0.4) is 0 Å². The lowest BCUT2D eigenvalue weighted by molar-refractivity contribution is 0.0988. The number of carbonyl (C=O) groups excluding carboxylic acids is 1. The summed E-state index contributed by atoms with van der Waals surface area (Å²) in [5, 5.41) is 12.3. The molecule has 0 amide bonds. The molecule has 3 rings (SSSR count).